The maximum absolute atomic E-state index is 9.53. The van der Waals surface area contributed by atoms with Gasteiger partial charge in [0, 0.05) is 52.4 Å². The van der Waals surface area contributed by atoms with E-state index >= 15 is 0 Å². The van der Waals surface area contributed by atoms with Gasteiger partial charge in [-0.25, -0.2) is 0 Å². The van der Waals surface area contributed by atoms with Crippen LogP contribution in [0.3, 0.4) is 0 Å². The van der Waals surface area contributed by atoms with E-state index in [1.165, 1.54) is 38.8 Å². The van der Waals surface area contributed by atoms with Gasteiger partial charge in [0.15, 0.2) is 5.57 Å². The van der Waals surface area contributed by atoms with Crippen LogP contribution in [0.4, 0.5) is 0 Å². The second kappa shape index (κ2) is 12.2. The van der Waals surface area contributed by atoms with Gasteiger partial charge in [-0.1, -0.05) is 12.8 Å². The fraction of sp³-hybridized carbons (Fsp3) is 0.826. The number of piperazine rings is 1. The molecule has 0 aromatic heterocycles. The van der Waals surface area contributed by atoms with Crippen molar-refractivity contribution in [1.82, 2.24) is 24.5 Å². The molecule has 0 saturated carbocycles. The molecule has 7 nitrogen and oxygen atoms in total. The van der Waals surface area contributed by atoms with Gasteiger partial charge in [0.1, 0.15) is 18.0 Å². The molecule has 0 amide bonds. The number of likely N-dealkylation sites (tertiary alicyclic amines) is 1. The van der Waals surface area contributed by atoms with Gasteiger partial charge in [0.2, 0.25) is 0 Å². The summed E-state index contributed by atoms with van der Waals surface area (Å²) in [4.78, 5) is 12.1. The quantitative estimate of drug-likeness (QED) is 0.562. The molecule has 166 valence electrons. The molecule has 0 aliphatic carbocycles. The molecule has 0 aromatic carbocycles. The molecule has 0 bridgehead atoms. The van der Waals surface area contributed by atoms with Crippen LogP contribution >= 0.6 is 0 Å². The molecule has 3 aliphatic rings. The van der Waals surface area contributed by atoms with Crippen LogP contribution in [0.1, 0.15) is 38.5 Å². The lowest BCUT2D eigenvalue weighted by Crippen LogP contribution is -2.45. The number of nitriles is 2. The van der Waals surface area contributed by atoms with Crippen LogP contribution in [0.2, 0.25) is 0 Å². The summed E-state index contributed by atoms with van der Waals surface area (Å²) in [6, 6.07) is 4.31. The van der Waals surface area contributed by atoms with Crippen molar-refractivity contribution >= 4 is 0 Å². The Bertz CT molecular complexity index is 615. The highest BCUT2D eigenvalue weighted by molar-refractivity contribution is 5.40. The molecular weight excluding hydrogens is 374 g/mol. The smallest absolute Gasteiger partial charge is 0.169 e. The van der Waals surface area contributed by atoms with E-state index in [0.717, 1.165) is 84.1 Å². The normalized spacial score (nSPS) is 22.0. The van der Waals surface area contributed by atoms with Crippen molar-refractivity contribution in [3.8, 4) is 12.1 Å². The summed E-state index contributed by atoms with van der Waals surface area (Å²) in [6.45, 7) is 13.0. The van der Waals surface area contributed by atoms with Gasteiger partial charge < -0.3 is 24.5 Å². The molecule has 0 radical (unpaired) electrons. The van der Waals surface area contributed by atoms with E-state index in [-0.39, 0.29) is 5.57 Å². The van der Waals surface area contributed by atoms with Gasteiger partial charge in [0.25, 0.3) is 0 Å². The monoisotopic (exact) mass is 413 g/mol. The standard InChI is InChI=1S/C23H39N7/c1-26-14-16-28(17-15-26)11-7-13-30-19-18-29(23(30)22(20-24)21-25)12-6-10-27-8-4-2-3-5-9-27/h2-19H2,1H3. The summed E-state index contributed by atoms with van der Waals surface area (Å²) in [5, 5.41) is 19.1. The zero-order valence-corrected chi connectivity index (χ0v) is 18.9. The van der Waals surface area contributed by atoms with E-state index in [0.29, 0.717) is 0 Å². The number of allylic oxidation sites excluding steroid dienone is 1. The van der Waals surface area contributed by atoms with Crippen LogP contribution in [0.5, 0.6) is 0 Å². The fourth-order valence-electron chi connectivity index (χ4n) is 4.93. The summed E-state index contributed by atoms with van der Waals surface area (Å²) in [6.07, 6.45) is 7.56. The Hall–Kier alpha value is -1.80. The second-order valence-corrected chi connectivity index (χ2v) is 9.00. The SMILES string of the molecule is CN1CCN(CCCN2CCN(CCCN3CCCCCC3)C2=C(C#N)C#N)CC1. The Morgan fingerprint density at radius 1 is 0.667 bits per heavy atom. The van der Waals surface area contributed by atoms with E-state index in [9.17, 15) is 10.5 Å². The summed E-state index contributed by atoms with van der Waals surface area (Å²) in [5.41, 5.74) is 0.280. The van der Waals surface area contributed by atoms with Crippen LogP contribution in [-0.4, -0.2) is 110 Å². The first-order valence-electron chi connectivity index (χ1n) is 11.9. The van der Waals surface area contributed by atoms with Gasteiger partial charge in [-0.2, -0.15) is 10.5 Å². The lowest BCUT2D eigenvalue weighted by atomic mass is 10.2. The maximum atomic E-state index is 9.53. The minimum Gasteiger partial charge on any atom is -0.355 e. The third-order valence-electron chi connectivity index (χ3n) is 6.79. The lowest BCUT2D eigenvalue weighted by Gasteiger charge is -2.33. The van der Waals surface area contributed by atoms with Crippen molar-refractivity contribution in [1.29, 1.82) is 10.5 Å². The minimum absolute atomic E-state index is 0.280. The van der Waals surface area contributed by atoms with Crippen molar-refractivity contribution in [3.05, 3.63) is 11.4 Å². The molecule has 3 heterocycles. The Morgan fingerprint density at radius 2 is 1.17 bits per heavy atom. The first-order chi connectivity index (χ1) is 14.7. The third kappa shape index (κ3) is 6.60. The van der Waals surface area contributed by atoms with Crippen molar-refractivity contribution in [3.63, 3.8) is 0 Å². The van der Waals surface area contributed by atoms with Crippen LogP contribution < -0.4 is 0 Å². The summed E-state index contributed by atoms with van der Waals surface area (Å²) in [5.74, 6) is 0.884. The molecule has 30 heavy (non-hydrogen) atoms. The predicted molar refractivity (Wildman–Crippen MR) is 119 cm³/mol. The molecule has 0 spiro atoms. The number of hydrogen-bond acceptors (Lipinski definition) is 7. The van der Waals surface area contributed by atoms with Crippen molar-refractivity contribution in [2.75, 3.05) is 85.6 Å². The Labute approximate surface area is 183 Å². The Morgan fingerprint density at radius 3 is 1.67 bits per heavy atom. The predicted octanol–water partition coefficient (Wildman–Crippen LogP) is 1.77. The number of rotatable bonds is 8. The fourth-order valence-corrected chi connectivity index (χ4v) is 4.93. The minimum atomic E-state index is 0.280. The van der Waals surface area contributed by atoms with E-state index in [2.05, 4.69) is 43.7 Å². The van der Waals surface area contributed by atoms with E-state index in [1.807, 2.05) is 0 Å². The highest BCUT2D eigenvalue weighted by Crippen LogP contribution is 2.23. The zero-order valence-electron chi connectivity index (χ0n) is 18.9. The molecule has 0 unspecified atom stereocenters. The van der Waals surface area contributed by atoms with Gasteiger partial charge in [-0.3, -0.25) is 0 Å². The first kappa shape index (κ1) is 22.9. The Kier molecular flexibility index (Phi) is 9.27. The van der Waals surface area contributed by atoms with E-state index < -0.39 is 0 Å². The van der Waals surface area contributed by atoms with Gasteiger partial charge in [-0.05, 0) is 58.9 Å². The zero-order chi connectivity index (χ0) is 21.2. The summed E-state index contributed by atoms with van der Waals surface area (Å²) >= 11 is 0. The van der Waals surface area contributed by atoms with Crippen LogP contribution in [0, 0.1) is 22.7 Å². The molecule has 7 heteroatoms. The molecule has 0 N–H and O–H groups in total. The van der Waals surface area contributed by atoms with Crippen molar-refractivity contribution in [2.24, 2.45) is 0 Å². The molecule has 3 fully saturated rings. The molecule has 0 atom stereocenters. The highest BCUT2D eigenvalue weighted by Gasteiger charge is 2.28. The lowest BCUT2D eigenvalue weighted by molar-refractivity contribution is 0.149. The summed E-state index contributed by atoms with van der Waals surface area (Å²) < 4.78 is 0. The molecular formula is C23H39N7. The number of likely N-dealkylation sites (N-methyl/N-ethyl adjacent to an activating group) is 1. The van der Waals surface area contributed by atoms with Gasteiger partial charge >= 0.3 is 0 Å². The molecule has 3 saturated heterocycles. The Balaban J connectivity index is 1.49. The van der Waals surface area contributed by atoms with Gasteiger partial charge in [-0.15, -0.1) is 0 Å². The molecule has 3 rings (SSSR count). The first-order valence-corrected chi connectivity index (χ1v) is 11.9. The molecule has 0 aromatic rings. The average molecular weight is 414 g/mol. The maximum Gasteiger partial charge on any atom is 0.169 e. The second-order valence-electron chi connectivity index (χ2n) is 9.00. The highest BCUT2D eigenvalue weighted by atomic mass is 15.4. The average Bonchev–Trinajstić information content (AvgIpc) is 2.97. The van der Waals surface area contributed by atoms with Crippen LogP contribution in [0.25, 0.3) is 0 Å². The van der Waals surface area contributed by atoms with E-state index in [1.54, 1.807) is 0 Å². The van der Waals surface area contributed by atoms with Crippen molar-refractivity contribution in [2.45, 2.75) is 38.5 Å². The number of nitrogens with zero attached hydrogens (tertiary/aromatic N) is 7. The third-order valence-corrected chi connectivity index (χ3v) is 6.79. The molecule has 3 aliphatic heterocycles. The van der Waals surface area contributed by atoms with Crippen LogP contribution in [-0.2, 0) is 0 Å². The van der Waals surface area contributed by atoms with Gasteiger partial charge in [0.05, 0.1) is 0 Å². The number of hydrogen-bond donors (Lipinski definition) is 0. The topological polar surface area (TPSA) is 63.8 Å². The summed E-state index contributed by atoms with van der Waals surface area (Å²) in [7, 11) is 2.19. The van der Waals surface area contributed by atoms with E-state index in [4.69, 9.17) is 0 Å². The largest absolute Gasteiger partial charge is 0.355 e. The van der Waals surface area contributed by atoms with Crippen molar-refractivity contribution < 1.29 is 0 Å². The van der Waals surface area contributed by atoms with Crippen LogP contribution in [0.15, 0.2) is 11.4 Å².